The largest absolute Gasteiger partial charge is 0.396 e. The van der Waals surface area contributed by atoms with Crippen molar-refractivity contribution in [2.75, 3.05) is 11.1 Å². The number of anilines is 2. The lowest BCUT2D eigenvalue weighted by Crippen LogP contribution is -2.12. The molecule has 0 atom stereocenters. The van der Waals surface area contributed by atoms with Gasteiger partial charge in [-0.1, -0.05) is 23.2 Å². The quantitative estimate of drug-likeness (QED) is 0.629. The second-order valence-corrected chi connectivity index (χ2v) is 5.29. The van der Waals surface area contributed by atoms with Gasteiger partial charge in [-0.25, -0.2) is 0 Å². The van der Waals surface area contributed by atoms with Crippen molar-refractivity contribution in [1.82, 2.24) is 10.2 Å². The topological polar surface area (TPSA) is 83.8 Å². The maximum atomic E-state index is 12.2. The number of halogens is 2. The molecule has 3 rings (SSSR count). The van der Waals surface area contributed by atoms with Crippen molar-refractivity contribution < 1.29 is 4.79 Å². The number of carbonyl (C=O) groups is 1. The zero-order valence-electron chi connectivity index (χ0n) is 10.7. The van der Waals surface area contributed by atoms with Gasteiger partial charge in [-0.3, -0.25) is 9.89 Å². The fraction of sp³-hybridized carbons (Fsp3) is 0. The van der Waals surface area contributed by atoms with Crippen molar-refractivity contribution in [3.8, 4) is 0 Å². The van der Waals surface area contributed by atoms with Gasteiger partial charge in [0, 0.05) is 16.6 Å². The molecule has 21 heavy (non-hydrogen) atoms. The Morgan fingerprint density at radius 3 is 2.62 bits per heavy atom. The van der Waals surface area contributed by atoms with E-state index in [0.29, 0.717) is 11.3 Å². The molecule has 5 nitrogen and oxygen atoms in total. The van der Waals surface area contributed by atoms with Crippen LogP contribution in [-0.2, 0) is 0 Å². The van der Waals surface area contributed by atoms with E-state index < -0.39 is 0 Å². The van der Waals surface area contributed by atoms with Gasteiger partial charge in [-0.2, -0.15) is 5.10 Å². The average molecular weight is 321 g/mol. The SMILES string of the molecule is Nc1c(Cl)cc(C(=O)Nc2ccc3cn[nH]c3c2)cc1Cl. The fourth-order valence-electron chi connectivity index (χ4n) is 1.93. The molecule has 3 aromatic rings. The van der Waals surface area contributed by atoms with Gasteiger partial charge < -0.3 is 11.1 Å². The number of aromatic nitrogens is 2. The summed E-state index contributed by atoms with van der Waals surface area (Å²) in [6.45, 7) is 0. The summed E-state index contributed by atoms with van der Waals surface area (Å²) in [5.74, 6) is -0.322. The van der Waals surface area contributed by atoms with E-state index in [2.05, 4.69) is 15.5 Å². The molecular formula is C14H10Cl2N4O. The second kappa shape index (κ2) is 5.27. The lowest BCUT2D eigenvalue weighted by Gasteiger charge is -2.08. The molecule has 0 fully saturated rings. The number of nitrogens with zero attached hydrogens (tertiary/aromatic N) is 1. The molecule has 0 aliphatic rings. The zero-order chi connectivity index (χ0) is 15.0. The van der Waals surface area contributed by atoms with E-state index in [9.17, 15) is 4.79 Å². The number of hydrogen-bond acceptors (Lipinski definition) is 3. The summed E-state index contributed by atoms with van der Waals surface area (Å²) in [5, 5.41) is 11.0. The molecule has 0 spiro atoms. The first-order valence-corrected chi connectivity index (χ1v) is 6.79. The van der Waals surface area contributed by atoms with Crippen molar-refractivity contribution in [3.05, 3.63) is 52.1 Å². The van der Waals surface area contributed by atoms with Gasteiger partial charge in [-0.15, -0.1) is 0 Å². The predicted molar refractivity (Wildman–Crippen MR) is 84.9 cm³/mol. The van der Waals surface area contributed by atoms with Crippen LogP contribution < -0.4 is 11.1 Å². The second-order valence-electron chi connectivity index (χ2n) is 4.48. The van der Waals surface area contributed by atoms with Crippen LogP contribution in [0.3, 0.4) is 0 Å². The van der Waals surface area contributed by atoms with E-state index in [-0.39, 0.29) is 21.6 Å². The molecule has 1 heterocycles. The smallest absolute Gasteiger partial charge is 0.255 e. The number of carbonyl (C=O) groups excluding carboxylic acids is 1. The maximum absolute atomic E-state index is 12.2. The number of nitrogens with two attached hydrogens (primary N) is 1. The van der Waals surface area contributed by atoms with E-state index in [1.54, 1.807) is 18.3 Å². The number of rotatable bonds is 2. The average Bonchev–Trinajstić information content (AvgIpc) is 2.91. The minimum atomic E-state index is -0.322. The Morgan fingerprint density at radius 1 is 1.19 bits per heavy atom. The summed E-state index contributed by atoms with van der Waals surface area (Å²) in [6.07, 6.45) is 1.71. The number of H-pyrrole nitrogens is 1. The molecule has 0 aliphatic heterocycles. The van der Waals surface area contributed by atoms with Gasteiger partial charge in [0.25, 0.3) is 5.91 Å². The van der Waals surface area contributed by atoms with Crippen LogP contribution in [0.4, 0.5) is 11.4 Å². The lowest BCUT2D eigenvalue weighted by molar-refractivity contribution is 0.102. The van der Waals surface area contributed by atoms with E-state index >= 15 is 0 Å². The van der Waals surface area contributed by atoms with E-state index in [4.69, 9.17) is 28.9 Å². The molecule has 1 amide bonds. The van der Waals surface area contributed by atoms with E-state index in [1.807, 2.05) is 6.07 Å². The van der Waals surface area contributed by atoms with Gasteiger partial charge in [0.1, 0.15) is 0 Å². The van der Waals surface area contributed by atoms with Gasteiger partial charge in [0.05, 0.1) is 27.4 Å². The fourth-order valence-corrected chi connectivity index (χ4v) is 2.42. The molecule has 4 N–H and O–H groups in total. The predicted octanol–water partition coefficient (Wildman–Crippen LogP) is 3.70. The number of aromatic amines is 1. The minimum absolute atomic E-state index is 0.247. The highest BCUT2D eigenvalue weighted by atomic mass is 35.5. The highest BCUT2D eigenvalue weighted by Crippen LogP contribution is 2.29. The van der Waals surface area contributed by atoms with Gasteiger partial charge in [0.15, 0.2) is 0 Å². The number of nitrogens with one attached hydrogen (secondary N) is 2. The van der Waals surface area contributed by atoms with Crippen LogP contribution >= 0.6 is 23.2 Å². The van der Waals surface area contributed by atoms with Crippen molar-refractivity contribution in [2.24, 2.45) is 0 Å². The third-order valence-corrected chi connectivity index (χ3v) is 3.67. The van der Waals surface area contributed by atoms with Crippen LogP contribution in [0.1, 0.15) is 10.4 Å². The van der Waals surface area contributed by atoms with Gasteiger partial charge >= 0.3 is 0 Å². The number of nitrogen functional groups attached to an aromatic ring is 1. The zero-order valence-corrected chi connectivity index (χ0v) is 12.2. The lowest BCUT2D eigenvalue weighted by atomic mass is 10.1. The Kier molecular flexibility index (Phi) is 3.45. The standard InChI is InChI=1S/C14H10Cl2N4O/c15-10-3-8(4-11(16)13(10)17)14(21)19-9-2-1-7-6-18-20-12(7)5-9/h1-6H,17H2,(H,18,20)(H,19,21). The molecule has 0 bridgehead atoms. The minimum Gasteiger partial charge on any atom is -0.396 e. The summed E-state index contributed by atoms with van der Waals surface area (Å²) in [5.41, 5.74) is 7.72. The van der Waals surface area contributed by atoms with Crippen molar-refractivity contribution in [2.45, 2.75) is 0 Å². The van der Waals surface area contributed by atoms with Crippen molar-refractivity contribution in [3.63, 3.8) is 0 Å². The first-order chi connectivity index (χ1) is 10.0. The monoisotopic (exact) mass is 320 g/mol. The summed E-state index contributed by atoms with van der Waals surface area (Å²) in [4.78, 5) is 12.2. The molecule has 2 aromatic carbocycles. The van der Waals surface area contributed by atoms with Crippen LogP contribution in [0.15, 0.2) is 36.5 Å². The number of fused-ring (bicyclic) bond motifs is 1. The van der Waals surface area contributed by atoms with Crippen LogP contribution in [0.5, 0.6) is 0 Å². The number of amides is 1. The molecule has 0 radical (unpaired) electrons. The van der Waals surface area contributed by atoms with E-state index in [0.717, 1.165) is 10.9 Å². The molecule has 1 aromatic heterocycles. The van der Waals surface area contributed by atoms with Crippen molar-refractivity contribution >= 4 is 51.4 Å². The molecule has 0 aliphatic carbocycles. The molecule has 106 valence electrons. The third kappa shape index (κ3) is 2.66. The molecule has 0 unspecified atom stereocenters. The van der Waals surface area contributed by atoms with Crippen LogP contribution in [0.25, 0.3) is 10.9 Å². The van der Waals surface area contributed by atoms with Crippen LogP contribution in [0, 0.1) is 0 Å². The van der Waals surface area contributed by atoms with E-state index in [1.165, 1.54) is 12.1 Å². The summed E-state index contributed by atoms with van der Waals surface area (Å²) < 4.78 is 0. The molecule has 0 saturated heterocycles. The Hall–Kier alpha value is -2.24. The Balaban J connectivity index is 1.88. The van der Waals surface area contributed by atoms with Crippen LogP contribution in [0.2, 0.25) is 10.0 Å². The molecule has 0 saturated carbocycles. The first-order valence-electron chi connectivity index (χ1n) is 6.03. The highest BCUT2D eigenvalue weighted by Gasteiger charge is 2.12. The normalized spacial score (nSPS) is 10.8. The Bertz CT molecular complexity index is 821. The summed E-state index contributed by atoms with van der Waals surface area (Å²) in [7, 11) is 0. The maximum Gasteiger partial charge on any atom is 0.255 e. The van der Waals surface area contributed by atoms with Crippen molar-refractivity contribution in [1.29, 1.82) is 0 Å². The van der Waals surface area contributed by atoms with Crippen LogP contribution in [-0.4, -0.2) is 16.1 Å². The first kappa shape index (κ1) is 13.7. The summed E-state index contributed by atoms with van der Waals surface area (Å²) in [6, 6.07) is 8.40. The molecule has 7 heteroatoms. The Morgan fingerprint density at radius 2 is 1.90 bits per heavy atom. The highest BCUT2D eigenvalue weighted by molar-refractivity contribution is 6.39. The Labute approximate surface area is 130 Å². The number of hydrogen-bond donors (Lipinski definition) is 3. The van der Waals surface area contributed by atoms with Gasteiger partial charge in [0.2, 0.25) is 0 Å². The molecular weight excluding hydrogens is 311 g/mol. The number of benzene rings is 2. The third-order valence-electron chi connectivity index (χ3n) is 3.04. The summed E-state index contributed by atoms with van der Waals surface area (Å²) >= 11 is 11.9. The van der Waals surface area contributed by atoms with Gasteiger partial charge in [-0.05, 0) is 30.3 Å².